The number of carbonyl (C=O) groups is 4. The number of phenols is 1. The molecule has 1 aliphatic rings. The average molecular weight is 656 g/mol. The molecule has 0 bridgehead atoms. The first-order chi connectivity index (χ1) is 22.7. The second-order valence-electron chi connectivity index (χ2n) is 13.2. The molecular formula is C36H41N5O7. The third kappa shape index (κ3) is 7.93. The van der Waals surface area contributed by atoms with E-state index in [-0.39, 0.29) is 31.0 Å². The Kier molecular flexibility index (Phi) is 9.74. The molecule has 12 heteroatoms. The summed E-state index contributed by atoms with van der Waals surface area (Å²) < 4.78 is 5.51. The Balaban J connectivity index is 1.50. The molecule has 0 radical (unpaired) electrons. The Morgan fingerprint density at radius 1 is 1.00 bits per heavy atom. The van der Waals surface area contributed by atoms with E-state index in [0.29, 0.717) is 11.0 Å². The van der Waals surface area contributed by atoms with Crippen molar-refractivity contribution in [2.75, 3.05) is 0 Å². The number of aromatic amines is 1. The van der Waals surface area contributed by atoms with Crippen LogP contribution >= 0.6 is 0 Å². The van der Waals surface area contributed by atoms with Crippen molar-refractivity contribution in [2.24, 2.45) is 0 Å². The van der Waals surface area contributed by atoms with E-state index < -0.39 is 54.0 Å². The molecule has 0 spiro atoms. The first kappa shape index (κ1) is 34.0. The number of hydrogen-bond donors (Lipinski definition) is 5. The summed E-state index contributed by atoms with van der Waals surface area (Å²) in [6.45, 7) is 8.86. The van der Waals surface area contributed by atoms with Crippen LogP contribution in [-0.4, -0.2) is 66.6 Å². The number of carboxylic acid groups (broad SMARTS) is 1. The van der Waals surface area contributed by atoms with Crippen molar-refractivity contribution < 1.29 is 34.1 Å². The second-order valence-corrected chi connectivity index (χ2v) is 13.2. The van der Waals surface area contributed by atoms with Crippen molar-refractivity contribution in [1.82, 2.24) is 25.5 Å². The summed E-state index contributed by atoms with van der Waals surface area (Å²) >= 11 is 0. The third-order valence-electron chi connectivity index (χ3n) is 8.35. The van der Waals surface area contributed by atoms with Gasteiger partial charge in [-0.1, -0.05) is 36.4 Å². The van der Waals surface area contributed by atoms with Gasteiger partial charge in [-0.2, -0.15) is 0 Å². The van der Waals surface area contributed by atoms with E-state index in [9.17, 15) is 29.4 Å². The lowest BCUT2D eigenvalue weighted by Crippen LogP contribution is -2.58. The zero-order valence-corrected chi connectivity index (χ0v) is 27.7. The Bertz CT molecular complexity index is 1800. The Hall–Kier alpha value is -5.39. The molecule has 0 saturated heterocycles. The predicted octanol–water partition coefficient (Wildman–Crippen LogP) is 4.61. The number of aryl methyl sites for hydroxylation is 2. The van der Waals surface area contributed by atoms with Crippen LogP contribution in [0.4, 0.5) is 4.79 Å². The maximum Gasteiger partial charge on any atom is 0.408 e. The fourth-order valence-corrected chi connectivity index (χ4v) is 6.13. The van der Waals surface area contributed by atoms with E-state index >= 15 is 0 Å². The topological polar surface area (TPSA) is 174 Å². The summed E-state index contributed by atoms with van der Waals surface area (Å²) in [4.78, 5) is 62.8. The van der Waals surface area contributed by atoms with E-state index in [2.05, 4.69) is 20.6 Å². The van der Waals surface area contributed by atoms with E-state index in [1.165, 1.54) is 4.90 Å². The van der Waals surface area contributed by atoms with Crippen molar-refractivity contribution in [3.05, 3.63) is 94.3 Å². The van der Waals surface area contributed by atoms with Crippen molar-refractivity contribution in [3.63, 3.8) is 0 Å². The number of nitrogens with zero attached hydrogens (tertiary/aromatic N) is 2. The van der Waals surface area contributed by atoms with Crippen LogP contribution in [0.5, 0.6) is 5.75 Å². The Morgan fingerprint density at radius 2 is 1.65 bits per heavy atom. The van der Waals surface area contributed by atoms with Crippen LogP contribution in [0.1, 0.15) is 66.9 Å². The van der Waals surface area contributed by atoms with Crippen molar-refractivity contribution in [3.8, 4) is 5.75 Å². The summed E-state index contributed by atoms with van der Waals surface area (Å²) in [5.41, 5.74) is 4.43. The number of H-pyrrole nitrogens is 1. The standard InChI is InChI=1S/C36H41N5O7/c1-20-14-24(42)15-21(2)25(20)17-29(40-35(47)48-36(3,4)5)34(46)41-19-23-11-7-6-10-22(23)16-30(41)33(45)39-28(18-31(43)44)32-37-26-12-8-9-13-27(26)38-32/h6-15,28-30,42H,16-19H2,1-5H3,(H,37,38)(H,39,45)(H,40,47)(H,43,44)/t28-,29-,30-/m0/s1. The minimum atomic E-state index is -1.14. The highest BCUT2D eigenvalue weighted by Crippen LogP contribution is 2.28. The van der Waals surface area contributed by atoms with Crippen LogP contribution in [0.3, 0.4) is 0 Å². The minimum Gasteiger partial charge on any atom is -0.508 e. The number of aromatic hydroxyl groups is 1. The highest BCUT2D eigenvalue weighted by atomic mass is 16.6. The van der Waals surface area contributed by atoms with Crippen molar-refractivity contribution in [1.29, 1.82) is 0 Å². The highest BCUT2D eigenvalue weighted by molar-refractivity contribution is 5.92. The number of aliphatic carboxylic acids is 1. The molecule has 3 aromatic carbocycles. The summed E-state index contributed by atoms with van der Waals surface area (Å²) in [5, 5.41) is 25.4. The first-order valence-electron chi connectivity index (χ1n) is 15.8. The summed E-state index contributed by atoms with van der Waals surface area (Å²) in [7, 11) is 0. The Labute approximate surface area is 278 Å². The number of benzene rings is 3. The molecule has 48 heavy (non-hydrogen) atoms. The number of alkyl carbamates (subject to hydrolysis) is 1. The fraction of sp³-hybridized carbons (Fsp3) is 0.361. The first-order valence-corrected chi connectivity index (χ1v) is 15.8. The van der Waals surface area contributed by atoms with Crippen LogP contribution in [0.25, 0.3) is 11.0 Å². The summed E-state index contributed by atoms with van der Waals surface area (Å²) in [6, 6.07) is 14.7. The fourth-order valence-electron chi connectivity index (χ4n) is 6.13. The molecule has 4 aromatic rings. The van der Waals surface area contributed by atoms with Crippen LogP contribution in [0.15, 0.2) is 60.7 Å². The number of amides is 3. The van der Waals surface area contributed by atoms with Gasteiger partial charge in [-0.3, -0.25) is 14.4 Å². The molecule has 5 rings (SSSR count). The number of rotatable bonds is 9. The van der Waals surface area contributed by atoms with Crippen LogP contribution in [0, 0.1) is 13.8 Å². The molecule has 3 amide bonds. The lowest BCUT2D eigenvalue weighted by Gasteiger charge is -2.38. The molecule has 3 atom stereocenters. The Morgan fingerprint density at radius 3 is 2.29 bits per heavy atom. The van der Waals surface area contributed by atoms with Gasteiger partial charge in [0.1, 0.15) is 29.3 Å². The van der Waals surface area contributed by atoms with Crippen molar-refractivity contribution in [2.45, 2.75) is 84.2 Å². The van der Waals surface area contributed by atoms with Gasteiger partial charge in [-0.15, -0.1) is 0 Å². The van der Waals surface area contributed by atoms with Gasteiger partial charge >= 0.3 is 12.1 Å². The van der Waals surface area contributed by atoms with Gasteiger partial charge in [0, 0.05) is 19.4 Å². The van der Waals surface area contributed by atoms with Gasteiger partial charge in [0.2, 0.25) is 11.8 Å². The number of carboxylic acids is 1. The van der Waals surface area contributed by atoms with Gasteiger partial charge in [0.05, 0.1) is 23.5 Å². The smallest absolute Gasteiger partial charge is 0.408 e. The number of aromatic nitrogens is 2. The van der Waals surface area contributed by atoms with Gasteiger partial charge in [0.25, 0.3) is 0 Å². The largest absolute Gasteiger partial charge is 0.508 e. The zero-order valence-electron chi connectivity index (χ0n) is 27.7. The van der Waals surface area contributed by atoms with E-state index in [1.807, 2.05) is 50.2 Å². The van der Waals surface area contributed by atoms with E-state index in [1.54, 1.807) is 45.0 Å². The SMILES string of the molecule is Cc1cc(O)cc(C)c1C[C@H](NC(=O)OC(C)(C)C)C(=O)N1Cc2ccccc2C[C@H]1C(=O)N[C@@H](CC(=O)O)c1nc2ccccc2[nH]1. The maximum absolute atomic E-state index is 14.6. The number of carbonyl (C=O) groups excluding carboxylic acids is 3. The number of phenolic OH excluding ortho intramolecular Hbond substituents is 1. The van der Waals surface area contributed by atoms with E-state index in [4.69, 9.17) is 4.74 Å². The van der Waals surface area contributed by atoms with Crippen molar-refractivity contribution >= 4 is 34.9 Å². The highest BCUT2D eigenvalue weighted by Gasteiger charge is 2.40. The average Bonchev–Trinajstić information content (AvgIpc) is 3.44. The molecule has 0 unspecified atom stereocenters. The van der Waals surface area contributed by atoms with Gasteiger partial charge in [0.15, 0.2) is 0 Å². The third-order valence-corrected chi connectivity index (χ3v) is 8.35. The van der Waals surface area contributed by atoms with Crippen LogP contribution < -0.4 is 10.6 Å². The molecule has 1 aliphatic heterocycles. The molecule has 5 N–H and O–H groups in total. The maximum atomic E-state index is 14.6. The molecule has 252 valence electrons. The number of ether oxygens (including phenoxy) is 1. The number of para-hydroxylation sites is 2. The number of fused-ring (bicyclic) bond motifs is 2. The lowest BCUT2D eigenvalue weighted by molar-refractivity contribution is -0.144. The molecule has 2 heterocycles. The second kappa shape index (κ2) is 13.8. The summed E-state index contributed by atoms with van der Waals surface area (Å²) in [6.07, 6.45) is -0.988. The normalized spacial score (nSPS) is 15.7. The predicted molar refractivity (Wildman–Crippen MR) is 178 cm³/mol. The minimum absolute atomic E-state index is 0.0726. The number of imidazole rings is 1. The molecule has 0 fully saturated rings. The summed E-state index contributed by atoms with van der Waals surface area (Å²) in [5.74, 6) is -1.84. The molecule has 0 saturated carbocycles. The monoisotopic (exact) mass is 655 g/mol. The van der Waals surface area contributed by atoms with Crippen LogP contribution in [-0.2, 0) is 38.5 Å². The number of nitrogens with one attached hydrogen (secondary N) is 3. The van der Waals surface area contributed by atoms with E-state index in [0.717, 1.165) is 27.8 Å². The number of hydrogen-bond acceptors (Lipinski definition) is 7. The molecule has 12 nitrogen and oxygen atoms in total. The van der Waals surface area contributed by atoms with Gasteiger partial charge in [-0.05, 0) is 86.7 Å². The van der Waals surface area contributed by atoms with Crippen LogP contribution in [0.2, 0.25) is 0 Å². The van der Waals surface area contributed by atoms with Gasteiger partial charge in [-0.25, -0.2) is 9.78 Å². The molecular weight excluding hydrogens is 614 g/mol. The zero-order chi connectivity index (χ0) is 34.7. The van der Waals surface area contributed by atoms with Gasteiger partial charge < -0.3 is 35.5 Å². The molecule has 1 aromatic heterocycles. The molecule has 0 aliphatic carbocycles. The quantitative estimate of drug-likeness (QED) is 0.174. The lowest BCUT2D eigenvalue weighted by atomic mass is 9.91.